The van der Waals surface area contributed by atoms with Crippen molar-refractivity contribution in [3.8, 4) is 0 Å². The summed E-state index contributed by atoms with van der Waals surface area (Å²) >= 11 is 3.35. The highest BCUT2D eigenvalue weighted by Gasteiger charge is 2.14. The predicted octanol–water partition coefficient (Wildman–Crippen LogP) is 4.06. The van der Waals surface area contributed by atoms with Crippen molar-refractivity contribution in [2.75, 3.05) is 6.54 Å². The highest BCUT2D eigenvalue weighted by Crippen LogP contribution is 2.35. The molecule has 1 aromatic carbocycles. The second-order valence-electron chi connectivity index (χ2n) is 4.25. The normalized spacial score (nSPS) is 12.6. The summed E-state index contributed by atoms with van der Waals surface area (Å²) in [4.78, 5) is 1.27. The third-order valence-electron chi connectivity index (χ3n) is 2.86. The minimum absolute atomic E-state index is 0.405. The Bertz CT molecular complexity index is 525. The third-order valence-corrected chi connectivity index (χ3v) is 4.84. The quantitative estimate of drug-likeness (QED) is 0.871. The second-order valence-corrected chi connectivity index (χ2v) is 6.72. The summed E-state index contributed by atoms with van der Waals surface area (Å²) < 4.78 is 1.01. The molecule has 0 aliphatic heterocycles. The van der Waals surface area contributed by atoms with E-state index in [1.165, 1.54) is 10.5 Å². The molecule has 19 heavy (non-hydrogen) atoms. The summed E-state index contributed by atoms with van der Waals surface area (Å²) in [6, 6.07) is 8.95. The summed E-state index contributed by atoms with van der Waals surface area (Å²) in [6.45, 7) is 7.33. The lowest BCUT2D eigenvalue weighted by molar-refractivity contribution is 0.530. The number of benzene rings is 1. The van der Waals surface area contributed by atoms with Crippen molar-refractivity contribution in [1.82, 2.24) is 15.5 Å². The molecule has 1 N–H and O–H groups in total. The molecule has 2 aromatic rings. The van der Waals surface area contributed by atoms with E-state index >= 15 is 0 Å². The summed E-state index contributed by atoms with van der Waals surface area (Å²) in [5, 5.41) is 12.8. The number of hydrogen-bond donors (Lipinski definition) is 1. The Morgan fingerprint density at radius 2 is 2.05 bits per heavy atom. The second kappa shape index (κ2) is 7.03. The first-order chi connectivity index (χ1) is 9.24. The molecule has 0 saturated heterocycles. The Hall–Kier alpha value is -0.910. The van der Waals surface area contributed by atoms with Gasteiger partial charge in [-0.25, -0.2) is 0 Å². The molecule has 1 aromatic heterocycles. The molecular weight excluding hydrogens is 274 g/mol. The fourth-order valence-electron chi connectivity index (χ4n) is 2.00. The van der Waals surface area contributed by atoms with Crippen LogP contribution >= 0.6 is 23.1 Å². The maximum absolute atomic E-state index is 4.19. The molecule has 0 radical (unpaired) electrons. The fourth-order valence-corrected chi connectivity index (χ4v) is 3.95. The van der Waals surface area contributed by atoms with Gasteiger partial charge < -0.3 is 5.32 Å². The van der Waals surface area contributed by atoms with Crippen molar-refractivity contribution >= 4 is 23.1 Å². The van der Waals surface area contributed by atoms with Crippen LogP contribution in [0.25, 0.3) is 0 Å². The number of nitrogens with zero attached hydrogens (tertiary/aromatic N) is 2. The molecule has 0 saturated carbocycles. The first-order valence-electron chi connectivity index (χ1n) is 6.54. The van der Waals surface area contributed by atoms with Crippen LogP contribution in [-0.4, -0.2) is 16.7 Å². The Balaban J connectivity index is 2.24. The predicted molar refractivity (Wildman–Crippen MR) is 81.9 cm³/mol. The summed E-state index contributed by atoms with van der Waals surface area (Å²) in [5.74, 6) is 0. The molecule has 5 heteroatoms. The zero-order chi connectivity index (χ0) is 13.7. The van der Waals surface area contributed by atoms with Crippen LogP contribution in [0.4, 0.5) is 0 Å². The van der Waals surface area contributed by atoms with E-state index in [1.54, 1.807) is 23.1 Å². The third kappa shape index (κ3) is 3.78. The maximum atomic E-state index is 4.19. The van der Waals surface area contributed by atoms with Crippen LogP contribution in [0.1, 0.15) is 36.9 Å². The van der Waals surface area contributed by atoms with Crippen LogP contribution in [0.15, 0.2) is 33.5 Å². The molecule has 0 fully saturated rings. The van der Waals surface area contributed by atoms with Gasteiger partial charge in [-0.15, -0.1) is 10.2 Å². The van der Waals surface area contributed by atoms with E-state index in [1.807, 2.05) is 6.92 Å². The molecule has 2 rings (SSSR count). The highest BCUT2D eigenvalue weighted by molar-refractivity contribution is 8.01. The Labute approximate surface area is 122 Å². The molecule has 0 bridgehead atoms. The van der Waals surface area contributed by atoms with Crippen LogP contribution < -0.4 is 5.32 Å². The van der Waals surface area contributed by atoms with Gasteiger partial charge in [0.15, 0.2) is 4.34 Å². The number of hydrogen-bond acceptors (Lipinski definition) is 5. The minimum atomic E-state index is 0.405. The lowest BCUT2D eigenvalue weighted by atomic mass is 10.0. The van der Waals surface area contributed by atoms with Crippen LogP contribution in [-0.2, 0) is 0 Å². The van der Waals surface area contributed by atoms with Gasteiger partial charge in [0.2, 0.25) is 0 Å². The number of aromatic nitrogens is 2. The van der Waals surface area contributed by atoms with Gasteiger partial charge in [-0.3, -0.25) is 0 Å². The summed E-state index contributed by atoms with van der Waals surface area (Å²) in [5.41, 5.74) is 1.35. The van der Waals surface area contributed by atoms with Crippen molar-refractivity contribution in [3.63, 3.8) is 0 Å². The Kier molecular flexibility index (Phi) is 5.36. The van der Waals surface area contributed by atoms with E-state index in [4.69, 9.17) is 0 Å². The van der Waals surface area contributed by atoms with E-state index in [-0.39, 0.29) is 0 Å². The van der Waals surface area contributed by atoms with E-state index in [2.05, 4.69) is 53.6 Å². The highest BCUT2D eigenvalue weighted by atomic mass is 32.2. The fraction of sp³-hybridized carbons (Fsp3) is 0.429. The first kappa shape index (κ1) is 14.5. The zero-order valence-electron chi connectivity index (χ0n) is 11.5. The molecule has 0 spiro atoms. The summed E-state index contributed by atoms with van der Waals surface area (Å²) in [7, 11) is 0. The van der Waals surface area contributed by atoms with E-state index in [0.717, 1.165) is 22.3 Å². The maximum Gasteiger partial charge on any atom is 0.179 e. The van der Waals surface area contributed by atoms with Gasteiger partial charge in [0.1, 0.15) is 5.01 Å². The summed E-state index contributed by atoms with van der Waals surface area (Å²) in [6.07, 6.45) is 1.08. The standard InChI is InChI=1S/C14H19N3S2/c1-4-12(15-5-2)11-8-6-7-9-13(11)19-14-17-16-10(3)18-14/h6-9,12,15H,4-5H2,1-3H3. The van der Waals surface area contributed by atoms with Gasteiger partial charge in [-0.05, 0) is 31.5 Å². The average molecular weight is 293 g/mol. The van der Waals surface area contributed by atoms with Gasteiger partial charge in [0, 0.05) is 10.9 Å². The topological polar surface area (TPSA) is 37.8 Å². The monoisotopic (exact) mass is 293 g/mol. The molecule has 1 unspecified atom stereocenters. The SMILES string of the molecule is CCNC(CC)c1ccccc1Sc1nnc(C)s1. The van der Waals surface area contributed by atoms with E-state index in [0.29, 0.717) is 6.04 Å². The van der Waals surface area contributed by atoms with Crippen LogP contribution in [0.2, 0.25) is 0 Å². The molecular formula is C14H19N3S2. The van der Waals surface area contributed by atoms with E-state index in [9.17, 15) is 0 Å². The van der Waals surface area contributed by atoms with Gasteiger partial charge in [0.25, 0.3) is 0 Å². The zero-order valence-corrected chi connectivity index (χ0v) is 13.1. The lowest BCUT2D eigenvalue weighted by Gasteiger charge is -2.19. The molecule has 0 aliphatic carbocycles. The van der Waals surface area contributed by atoms with Crippen LogP contribution in [0.3, 0.4) is 0 Å². The van der Waals surface area contributed by atoms with Crippen molar-refractivity contribution in [3.05, 3.63) is 34.8 Å². The van der Waals surface area contributed by atoms with Gasteiger partial charge in [-0.1, -0.05) is 55.1 Å². The molecule has 1 atom stereocenters. The molecule has 0 aliphatic rings. The molecule has 102 valence electrons. The smallest absolute Gasteiger partial charge is 0.179 e. The minimum Gasteiger partial charge on any atom is -0.310 e. The van der Waals surface area contributed by atoms with Crippen molar-refractivity contribution in [2.24, 2.45) is 0 Å². The number of aryl methyl sites for hydroxylation is 1. The average Bonchev–Trinajstić information content (AvgIpc) is 2.82. The number of nitrogens with one attached hydrogen (secondary N) is 1. The molecule has 3 nitrogen and oxygen atoms in total. The lowest BCUT2D eigenvalue weighted by Crippen LogP contribution is -2.20. The largest absolute Gasteiger partial charge is 0.310 e. The van der Waals surface area contributed by atoms with E-state index < -0.39 is 0 Å². The van der Waals surface area contributed by atoms with Gasteiger partial charge >= 0.3 is 0 Å². The first-order valence-corrected chi connectivity index (χ1v) is 8.18. The Morgan fingerprint density at radius 1 is 1.26 bits per heavy atom. The van der Waals surface area contributed by atoms with Crippen molar-refractivity contribution in [1.29, 1.82) is 0 Å². The molecule has 0 amide bonds. The Morgan fingerprint density at radius 3 is 2.68 bits per heavy atom. The number of rotatable bonds is 6. The molecule has 1 heterocycles. The van der Waals surface area contributed by atoms with Crippen LogP contribution in [0, 0.1) is 6.92 Å². The van der Waals surface area contributed by atoms with Gasteiger partial charge in [0.05, 0.1) is 0 Å². The van der Waals surface area contributed by atoms with Crippen molar-refractivity contribution < 1.29 is 0 Å². The van der Waals surface area contributed by atoms with Crippen molar-refractivity contribution in [2.45, 2.75) is 42.5 Å². The van der Waals surface area contributed by atoms with Gasteiger partial charge in [-0.2, -0.15) is 0 Å². The van der Waals surface area contributed by atoms with Crippen LogP contribution in [0.5, 0.6) is 0 Å².